The molecular formula is C14H21N3O3. The molecule has 0 aliphatic carbocycles. The molecule has 1 fully saturated rings. The Hall–Kier alpha value is -1.24. The predicted octanol–water partition coefficient (Wildman–Crippen LogP) is 1.17. The summed E-state index contributed by atoms with van der Waals surface area (Å²) in [5.41, 5.74) is 7.57. The van der Waals surface area contributed by atoms with E-state index >= 15 is 0 Å². The average Bonchev–Trinajstić information content (AvgIpc) is 2.48. The Balaban J connectivity index is 2.00. The van der Waals surface area contributed by atoms with Crippen molar-refractivity contribution in [2.24, 2.45) is 0 Å². The Bertz CT molecular complexity index is 481. The van der Waals surface area contributed by atoms with E-state index in [1.54, 1.807) is 0 Å². The van der Waals surface area contributed by atoms with Crippen molar-refractivity contribution in [3.8, 4) is 0 Å². The SMILES string of the molecule is CCOC1(c2nc(N)c3c(n2)CCOC3)CCOCC1. The first-order valence-electron chi connectivity index (χ1n) is 7.20. The first kappa shape index (κ1) is 13.7. The Morgan fingerprint density at radius 3 is 2.75 bits per heavy atom. The van der Waals surface area contributed by atoms with Crippen LogP contribution in [0.1, 0.15) is 36.8 Å². The summed E-state index contributed by atoms with van der Waals surface area (Å²) in [6.45, 7) is 5.16. The van der Waals surface area contributed by atoms with Crippen LogP contribution in [0.15, 0.2) is 0 Å². The lowest BCUT2D eigenvalue weighted by Gasteiger charge is -2.36. The maximum Gasteiger partial charge on any atom is 0.163 e. The Kier molecular flexibility index (Phi) is 3.87. The van der Waals surface area contributed by atoms with Crippen LogP contribution in [0.25, 0.3) is 0 Å². The molecule has 6 nitrogen and oxygen atoms in total. The van der Waals surface area contributed by atoms with Crippen molar-refractivity contribution in [1.29, 1.82) is 0 Å². The van der Waals surface area contributed by atoms with E-state index in [0.717, 1.165) is 30.5 Å². The highest BCUT2D eigenvalue weighted by Gasteiger charge is 2.39. The zero-order valence-electron chi connectivity index (χ0n) is 11.9. The number of hydrogen-bond acceptors (Lipinski definition) is 6. The number of ether oxygens (including phenoxy) is 3. The van der Waals surface area contributed by atoms with Crippen LogP contribution in [-0.2, 0) is 32.8 Å². The van der Waals surface area contributed by atoms with Crippen molar-refractivity contribution in [1.82, 2.24) is 9.97 Å². The summed E-state index contributed by atoms with van der Waals surface area (Å²) in [5.74, 6) is 1.23. The molecule has 0 radical (unpaired) electrons. The number of anilines is 1. The second kappa shape index (κ2) is 5.63. The zero-order chi connectivity index (χ0) is 14.0. The van der Waals surface area contributed by atoms with Crippen LogP contribution >= 0.6 is 0 Å². The highest BCUT2D eigenvalue weighted by molar-refractivity contribution is 5.43. The molecular weight excluding hydrogens is 258 g/mol. The number of rotatable bonds is 3. The van der Waals surface area contributed by atoms with Gasteiger partial charge in [-0.3, -0.25) is 0 Å². The Labute approximate surface area is 118 Å². The fourth-order valence-corrected chi connectivity index (χ4v) is 2.87. The molecule has 0 unspecified atom stereocenters. The summed E-state index contributed by atoms with van der Waals surface area (Å²) in [6.07, 6.45) is 2.33. The van der Waals surface area contributed by atoms with Crippen molar-refractivity contribution >= 4 is 5.82 Å². The molecule has 3 heterocycles. The minimum atomic E-state index is -0.450. The van der Waals surface area contributed by atoms with Crippen molar-refractivity contribution in [3.05, 3.63) is 17.1 Å². The maximum atomic E-state index is 6.09. The molecule has 6 heteroatoms. The lowest BCUT2D eigenvalue weighted by molar-refractivity contribution is -0.118. The van der Waals surface area contributed by atoms with Gasteiger partial charge in [-0.2, -0.15) is 0 Å². The Morgan fingerprint density at radius 2 is 2.00 bits per heavy atom. The van der Waals surface area contributed by atoms with Gasteiger partial charge in [0.2, 0.25) is 0 Å². The largest absolute Gasteiger partial charge is 0.383 e. The van der Waals surface area contributed by atoms with Crippen LogP contribution < -0.4 is 5.73 Å². The van der Waals surface area contributed by atoms with E-state index in [1.807, 2.05) is 6.92 Å². The third kappa shape index (κ3) is 2.39. The van der Waals surface area contributed by atoms with Crippen molar-refractivity contribution in [3.63, 3.8) is 0 Å². The second-order valence-electron chi connectivity index (χ2n) is 5.20. The normalized spacial score (nSPS) is 21.4. The van der Waals surface area contributed by atoms with Gasteiger partial charge in [-0.25, -0.2) is 9.97 Å². The summed E-state index contributed by atoms with van der Waals surface area (Å²) in [5, 5.41) is 0. The number of nitrogens with two attached hydrogens (primary N) is 1. The minimum absolute atomic E-state index is 0.450. The minimum Gasteiger partial charge on any atom is -0.383 e. The quantitative estimate of drug-likeness (QED) is 0.895. The number of nitrogen functional groups attached to an aromatic ring is 1. The molecule has 0 bridgehead atoms. The molecule has 2 aliphatic rings. The van der Waals surface area contributed by atoms with Crippen molar-refractivity contribution in [2.45, 2.75) is 38.4 Å². The first-order chi connectivity index (χ1) is 9.75. The van der Waals surface area contributed by atoms with Gasteiger partial charge in [0.25, 0.3) is 0 Å². The molecule has 1 aromatic heterocycles. The van der Waals surface area contributed by atoms with E-state index in [-0.39, 0.29) is 0 Å². The molecule has 0 amide bonds. The van der Waals surface area contributed by atoms with Crippen LogP contribution in [-0.4, -0.2) is 36.4 Å². The van der Waals surface area contributed by atoms with Gasteiger partial charge in [0.15, 0.2) is 5.82 Å². The molecule has 0 saturated carbocycles. The summed E-state index contributed by atoms with van der Waals surface area (Å²) in [6, 6.07) is 0. The van der Waals surface area contributed by atoms with Crippen molar-refractivity contribution in [2.75, 3.05) is 32.2 Å². The fourth-order valence-electron chi connectivity index (χ4n) is 2.87. The number of aromatic nitrogens is 2. The average molecular weight is 279 g/mol. The number of nitrogens with zero attached hydrogens (tertiary/aromatic N) is 2. The van der Waals surface area contributed by atoms with Crippen LogP contribution in [0.5, 0.6) is 0 Å². The molecule has 3 rings (SSSR count). The first-order valence-corrected chi connectivity index (χ1v) is 7.20. The second-order valence-corrected chi connectivity index (χ2v) is 5.20. The van der Waals surface area contributed by atoms with Gasteiger partial charge in [-0.05, 0) is 6.92 Å². The van der Waals surface area contributed by atoms with Gasteiger partial charge >= 0.3 is 0 Å². The third-order valence-electron chi connectivity index (χ3n) is 3.98. The molecule has 1 aromatic rings. The summed E-state index contributed by atoms with van der Waals surface area (Å²) in [7, 11) is 0. The summed E-state index contributed by atoms with van der Waals surface area (Å²) in [4.78, 5) is 9.24. The van der Waals surface area contributed by atoms with Gasteiger partial charge in [0.05, 0.1) is 18.9 Å². The van der Waals surface area contributed by atoms with E-state index in [0.29, 0.717) is 44.7 Å². The number of fused-ring (bicyclic) bond motifs is 1. The topological polar surface area (TPSA) is 79.5 Å². The lowest BCUT2D eigenvalue weighted by atomic mass is 9.92. The van der Waals surface area contributed by atoms with E-state index in [9.17, 15) is 0 Å². The molecule has 2 N–H and O–H groups in total. The van der Waals surface area contributed by atoms with Gasteiger partial charge in [0.1, 0.15) is 11.4 Å². The third-order valence-corrected chi connectivity index (χ3v) is 3.98. The summed E-state index contributed by atoms with van der Waals surface area (Å²) < 4.78 is 16.9. The van der Waals surface area contributed by atoms with Crippen LogP contribution in [0, 0.1) is 0 Å². The molecule has 0 aromatic carbocycles. The molecule has 0 spiro atoms. The zero-order valence-corrected chi connectivity index (χ0v) is 11.9. The van der Waals surface area contributed by atoms with Gasteiger partial charge in [-0.15, -0.1) is 0 Å². The molecule has 20 heavy (non-hydrogen) atoms. The fraction of sp³-hybridized carbons (Fsp3) is 0.714. The van der Waals surface area contributed by atoms with E-state index in [2.05, 4.69) is 4.98 Å². The van der Waals surface area contributed by atoms with Gasteiger partial charge in [-0.1, -0.05) is 0 Å². The molecule has 2 aliphatic heterocycles. The standard InChI is InChI=1S/C14H21N3O3/c1-2-20-14(4-7-18-8-5-14)13-16-11-3-6-19-9-10(11)12(15)17-13/h2-9H2,1H3,(H2,15,16,17). The molecule has 0 atom stereocenters. The maximum absolute atomic E-state index is 6.09. The smallest absolute Gasteiger partial charge is 0.163 e. The van der Waals surface area contributed by atoms with Crippen molar-refractivity contribution < 1.29 is 14.2 Å². The van der Waals surface area contributed by atoms with E-state index in [1.165, 1.54) is 0 Å². The highest BCUT2D eigenvalue weighted by atomic mass is 16.5. The van der Waals surface area contributed by atoms with Crippen LogP contribution in [0.4, 0.5) is 5.82 Å². The predicted molar refractivity (Wildman–Crippen MR) is 73.2 cm³/mol. The van der Waals surface area contributed by atoms with Crippen LogP contribution in [0.2, 0.25) is 0 Å². The number of hydrogen-bond donors (Lipinski definition) is 1. The molecule has 110 valence electrons. The van der Waals surface area contributed by atoms with Gasteiger partial charge in [0, 0.05) is 44.6 Å². The van der Waals surface area contributed by atoms with E-state index < -0.39 is 5.60 Å². The summed E-state index contributed by atoms with van der Waals surface area (Å²) >= 11 is 0. The highest BCUT2D eigenvalue weighted by Crippen LogP contribution is 2.35. The van der Waals surface area contributed by atoms with Gasteiger partial charge < -0.3 is 19.9 Å². The Morgan fingerprint density at radius 1 is 1.20 bits per heavy atom. The van der Waals surface area contributed by atoms with E-state index in [4.69, 9.17) is 24.9 Å². The lowest BCUT2D eigenvalue weighted by Crippen LogP contribution is -2.39. The molecule has 1 saturated heterocycles. The van der Waals surface area contributed by atoms with Crippen LogP contribution in [0.3, 0.4) is 0 Å². The monoisotopic (exact) mass is 279 g/mol.